The molecule has 12 heteroatoms. The number of anilines is 3. The molecule has 0 bridgehead atoms. The van der Waals surface area contributed by atoms with Crippen LogP contribution < -0.4 is 15.0 Å². The molecule has 1 aliphatic carbocycles. The van der Waals surface area contributed by atoms with Gasteiger partial charge in [0.1, 0.15) is 33.5 Å². The lowest BCUT2D eigenvalue weighted by molar-refractivity contribution is -0.143. The smallest absolute Gasteiger partial charge is 0.331 e. The zero-order chi connectivity index (χ0) is 26.5. The van der Waals surface area contributed by atoms with E-state index in [4.69, 9.17) is 14.2 Å². The molecule has 0 unspecified atom stereocenters. The summed E-state index contributed by atoms with van der Waals surface area (Å²) in [5.74, 6) is -0.383. The standard InChI is InChI=1S/C25H29FN4O6S/c1-14-21-22(27-12-28-23(21)37-24(14)30(13-32)19(11-31)25(33)35-3)29-18-9-4-15(26)10-20(18)36-17-7-5-16(34-2)6-8-17/h4,9-10,12-13,16-17,19,31H,5-8,11H2,1-3H3,(H,27,28,29)/t16?,17?,19-/m0/s1. The van der Waals surface area contributed by atoms with E-state index in [2.05, 4.69) is 15.3 Å². The number of hydrogen-bond acceptors (Lipinski definition) is 10. The Kier molecular flexibility index (Phi) is 8.52. The number of aliphatic hydroxyl groups is 1. The molecule has 0 saturated heterocycles. The number of aromatic nitrogens is 2. The fourth-order valence-electron chi connectivity index (χ4n) is 4.47. The SMILES string of the molecule is COC(=O)[C@H](CO)N(C=O)c1sc2ncnc(Nc3ccc(F)cc3OC3CCC(OC)CC3)c2c1C. The number of hydrogen-bond donors (Lipinski definition) is 2. The van der Waals surface area contributed by atoms with Crippen molar-refractivity contribution < 1.29 is 33.3 Å². The van der Waals surface area contributed by atoms with Crippen LogP contribution in [0.25, 0.3) is 10.2 Å². The number of aryl methyl sites for hydroxylation is 1. The molecule has 1 saturated carbocycles. The van der Waals surface area contributed by atoms with E-state index in [-0.39, 0.29) is 12.2 Å². The summed E-state index contributed by atoms with van der Waals surface area (Å²) >= 11 is 1.17. The molecule has 2 N–H and O–H groups in total. The van der Waals surface area contributed by atoms with Gasteiger partial charge in [-0.2, -0.15) is 0 Å². The van der Waals surface area contributed by atoms with Crippen molar-refractivity contribution in [1.82, 2.24) is 9.97 Å². The summed E-state index contributed by atoms with van der Waals surface area (Å²) in [7, 11) is 2.89. The van der Waals surface area contributed by atoms with Crippen molar-refractivity contribution in [3.05, 3.63) is 35.9 Å². The molecule has 0 aliphatic heterocycles. The third-order valence-corrected chi connectivity index (χ3v) is 7.69. The predicted octanol–water partition coefficient (Wildman–Crippen LogP) is 3.72. The molecular weight excluding hydrogens is 503 g/mol. The van der Waals surface area contributed by atoms with Gasteiger partial charge in [-0.05, 0) is 50.3 Å². The molecule has 1 aliphatic rings. The van der Waals surface area contributed by atoms with Crippen LogP contribution in [0.4, 0.5) is 20.9 Å². The molecule has 0 radical (unpaired) electrons. The number of fused-ring (bicyclic) bond motifs is 1. The minimum atomic E-state index is -1.20. The second kappa shape index (κ2) is 11.8. The monoisotopic (exact) mass is 532 g/mol. The Morgan fingerprint density at radius 3 is 2.65 bits per heavy atom. The Balaban J connectivity index is 1.66. The number of esters is 1. The fourth-order valence-corrected chi connectivity index (χ4v) is 5.63. The Bertz CT molecular complexity index is 1260. The van der Waals surface area contributed by atoms with E-state index in [1.807, 2.05) is 0 Å². The summed E-state index contributed by atoms with van der Waals surface area (Å²) in [6.45, 7) is 1.15. The maximum atomic E-state index is 14.2. The molecule has 4 rings (SSSR count). The molecule has 0 spiro atoms. The van der Waals surface area contributed by atoms with Gasteiger partial charge in [-0.1, -0.05) is 11.3 Å². The number of aliphatic hydroxyl groups excluding tert-OH is 1. The van der Waals surface area contributed by atoms with E-state index in [0.717, 1.165) is 30.6 Å². The molecule has 10 nitrogen and oxygen atoms in total. The lowest BCUT2D eigenvalue weighted by atomic mass is 9.95. The van der Waals surface area contributed by atoms with Gasteiger partial charge in [0.2, 0.25) is 6.41 Å². The predicted molar refractivity (Wildman–Crippen MR) is 137 cm³/mol. The van der Waals surface area contributed by atoms with E-state index in [1.165, 1.54) is 36.9 Å². The van der Waals surface area contributed by atoms with Crippen molar-refractivity contribution in [2.45, 2.75) is 50.9 Å². The number of nitrogens with zero attached hydrogens (tertiary/aromatic N) is 3. The lowest BCUT2D eigenvalue weighted by Gasteiger charge is -2.28. The summed E-state index contributed by atoms with van der Waals surface area (Å²) in [6.07, 6.45) is 5.33. The van der Waals surface area contributed by atoms with Gasteiger partial charge >= 0.3 is 5.97 Å². The minimum Gasteiger partial charge on any atom is -0.488 e. The van der Waals surface area contributed by atoms with E-state index < -0.39 is 24.4 Å². The van der Waals surface area contributed by atoms with Crippen LogP contribution in [-0.4, -0.2) is 66.5 Å². The van der Waals surface area contributed by atoms with Gasteiger partial charge in [-0.25, -0.2) is 19.2 Å². The van der Waals surface area contributed by atoms with Gasteiger partial charge in [0.15, 0.2) is 6.04 Å². The number of methoxy groups -OCH3 is 2. The number of nitrogens with one attached hydrogen (secondary N) is 1. The summed E-state index contributed by atoms with van der Waals surface area (Å²) in [5.41, 5.74) is 1.15. The molecule has 2 aromatic heterocycles. The Hall–Kier alpha value is -3.35. The number of halogens is 1. The zero-order valence-electron chi connectivity index (χ0n) is 20.8. The van der Waals surface area contributed by atoms with Gasteiger partial charge in [0.05, 0.1) is 37.0 Å². The minimum absolute atomic E-state index is 0.0662. The third-order valence-electron chi connectivity index (χ3n) is 6.48. The highest BCUT2D eigenvalue weighted by atomic mass is 32.1. The first-order valence-corrected chi connectivity index (χ1v) is 12.6. The number of ether oxygens (including phenoxy) is 3. The van der Waals surface area contributed by atoms with Crippen LogP contribution in [-0.2, 0) is 19.1 Å². The largest absolute Gasteiger partial charge is 0.488 e. The normalized spacial score (nSPS) is 18.3. The Morgan fingerprint density at radius 1 is 1.27 bits per heavy atom. The van der Waals surface area contributed by atoms with Crippen LogP contribution in [0.15, 0.2) is 24.5 Å². The first kappa shape index (κ1) is 26.7. The van der Waals surface area contributed by atoms with Crippen molar-refractivity contribution in [1.29, 1.82) is 0 Å². The average molecular weight is 533 g/mol. The Labute approximate surface area is 217 Å². The average Bonchev–Trinajstić information content (AvgIpc) is 3.25. The number of thiophene rings is 1. The first-order valence-electron chi connectivity index (χ1n) is 11.8. The number of benzene rings is 1. The summed E-state index contributed by atoms with van der Waals surface area (Å²) in [4.78, 5) is 34.5. The zero-order valence-corrected chi connectivity index (χ0v) is 21.6. The fraction of sp³-hybridized carbons (Fsp3) is 0.440. The van der Waals surface area contributed by atoms with Gasteiger partial charge in [-0.3, -0.25) is 9.69 Å². The van der Waals surface area contributed by atoms with Gasteiger partial charge in [-0.15, -0.1) is 0 Å². The number of rotatable bonds is 10. The summed E-state index contributed by atoms with van der Waals surface area (Å²) < 4.78 is 30.5. The second-order valence-corrected chi connectivity index (χ2v) is 9.66. The summed E-state index contributed by atoms with van der Waals surface area (Å²) in [5, 5.41) is 14.0. The lowest BCUT2D eigenvalue weighted by Crippen LogP contribution is -2.43. The molecule has 1 amide bonds. The van der Waals surface area contributed by atoms with Gasteiger partial charge in [0, 0.05) is 13.2 Å². The highest BCUT2D eigenvalue weighted by molar-refractivity contribution is 7.23. The highest BCUT2D eigenvalue weighted by Gasteiger charge is 2.30. The Morgan fingerprint density at radius 2 is 2.00 bits per heavy atom. The van der Waals surface area contributed by atoms with Crippen molar-refractivity contribution in [3.63, 3.8) is 0 Å². The molecule has 1 atom stereocenters. The van der Waals surface area contributed by atoms with Crippen LogP contribution in [0, 0.1) is 12.7 Å². The molecule has 1 aromatic carbocycles. The molecule has 198 valence electrons. The van der Waals surface area contributed by atoms with E-state index in [0.29, 0.717) is 44.4 Å². The number of amides is 1. The third kappa shape index (κ3) is 5.65. The number of carbonyl (C=O) groups is 2. The van der Waals surface area contributed by atoms with Gasteiger partial charge in [0.25, 0.3) is 0 Å². The quantitative estimate of drug-likeness (QED) is 0.297. The van der Waals surface area contributed by atoms with Crippen molar-refractivity contribution in [3.8, 4) is 5.75 Å². The van der Waals surface area contributed by atoms with Crippen LogP contribution >= 0.6 is 11.3 Å². The second-order valence-electron chi connectivity index (χ2n) is 8.69. The van der Waals surface area contributed by atoms with E-state index in [1.54, 1.807) is 20.1 Å². The van der Waals surface area contributed by atoms with Crippen LogP contribution in [0.3, 0.4) is 0 Å². The van der Waals surface area contributed by atoms with Crippen LogP contribution in [0.1, 0.15) is 31.2 Å². The summed E-state index contributed by atoms with van der Waals surface area (Å²) in [6, 6.07) is 3.05. The molecule has 1 fully saturated rings. The maximum Gasteiger partial charge on any atom is 0.331 e. The van der Waals surface area contributed by atoms with Crippen LogP contribution in [0.5, 0.6) is 5.75 Å². The highest BCUT2D eigenvalue weighted by Crippen LogP contribution is 2.41. The van der Waals surface area contributed by atoms with E-state index in [9.17, 15) is 19.1 Å². The number of carbonyl (C=O) groups excluding carboxylic acids is 2. The van der Waals surface area contributed by atoms with Gasteiger partial charge < -0.3 is 24.6 Å². The first-order chi connectivity index (χ1) is 17.9. The maximum absolute atomic E-state index is 14.2. The molecular formula is C25H29FN4O6S. The van der Waals surface area contributed by atoms with E-state index >= 15 is 0 Å². The van der Waals surface area contributed by atoms with Crippen LogP contribution in [0.2, 0.25) is 0 Å². The van der Waals surface area contributed by atoms with Crippen molar-refractivity contribution in [2.75, 3.05) is 31.0 Å². The molecule has 2 heterocycles. The van der Waals surface area contributed by atoms with Crippen molar-refractivity contribution >= 4 is 50.4 Å². The molecule has 37 heavy (non-hydrogen) atoms. The topological polar surface area (TPSA) is 123 Å². The molecule has 3 aromatic rings. The van der Waals surface area contributed by atoms with Crippen molar-refractivity contribution in [2.24, 2.45) is 0 Å².